The Balaban J connectivity index is -0.000000241. The Morgan fingerprint density at radius 1 is 0.711 bits per heavy atom. The Kier molecular flexibility index (Phi) is 31.6. The summed E-state index contributed by atoms with van der Waals surface area (Å²) in [5, 5.41) is 39.9. The van der Waals surface area contributed by atoms with Gasteiger partial charge in [0.1, 0.15) is 0 Å². The molecule has 0 aliphatic rings. The number of benzene rings is 2. The number of isothiocyanates is 2. The predicted octanol–water partition coefficient (Wildman–Crippen LogP) is 3.57. The second-order valence-electron chi connectivity index (χ2n) is 7.72. The zero-order valence-corrected chi connectivity index (χ0v) is 25.9. The largest absolute Gasteiger partial charge is 2.00 e. The number of hydrogen-bond acceptors (Lipinski definition) is 8. The van der Waals surface area contributed by atoms with Gasteiger partial charge in [0, 0.05) is 24.5 Å². The van der Waals surface area contributed by atoms with Gasteiger partial charge in [-0.2, -0.15) is 10.3 Å². The molecule has 12 heteroatoms. The maximum Gasteiger partial charge on any atom is 2.00 e. The van der Waals surface area contributed by atoms with Gasteiger partial charge in [0.2, 0.25) is 0 Å². The number of hydrogen-bond donors (Lipinski definition) is 0. The van der Waals surface area contributed by atoms with Crippen LogP contribution in [0.1, 0.15) is 25.0 Å². The second kappa shape index (κ2) is 28.0. The number of para-hydroxylation sites is 2. The Hall–Kier alpha value is -2.06. The normalized spacial score (nSPS) is 10.0. The molecule has 0 bridgehead atoms. The van der Waals surface area contributed by atoms with E-state index in [1.165, 1.54) is 10.3 Å². The van der Waals surface area contributed by atoms with Crippen molar-refractivity contribution in [1.82, 2.24) is 9.80 Å². The van der Waals surface area contributed by atoms with Crippen LogP contribution in [-0.2, 0) is 34.1 Å². The van der Waals surface area contributed by atoms with Crippen LogP contribution in [0.4, 0.5) is 0 Å². The molecule has 0 atom stereocenters. The molecule has 0 unspecified atom stereocenters. The number of nitrogens with zero attached hydrogens (tertiary/aromatic N) is 6. The Labute approximate surface area is 259 Å². The van der Waals surface area contributed by atoms with Gasteiger partial charge in [-0.1, -0.05) is 84.5 Å². The molecule has 0 aromatic heterocycles. The molecule has 0 fully saturated rings. The molecule has 0 heterocycles. The average Bonchev–Trinajstić information content (AvgIpc) is 2.80. The topological polar surface area (TPSA) is 122 Å². The van der Waals surface area contributed by atoms with E-state index in [0.717, 1.165) is 37.6 Å². The van der Waals surface area contributed by atoms with E-state index >= 15 is 0 Å². The SMILES string of the molecule is CC(=NCCN(C)C)c1ccccc1[O-].CC(=NCCN(C)C)c1ccccc1[O-].[Cu+2].[Cu+2].[N-]=C=S.[N-]=C=S. The molecule has 0 aliphatic carbocycles. The first-order valence-corrected chi connectivity index (χ1v) is 11.7. The molecule has 2 aromatic rings. The van der Waals surface area contributed by atoms with Crippen molar-refractivity contribution >= 4 is 46.2 Å². The van der Waals surface area contributed by atoms with Gasteiger partial charge in [-0.25, -0.2) is 0 Å². The third-order valence-electron chi connectivity index (χ3n) is 4.35. The van der Waals surface area contributed by atoms with Gasteiger partial charge in [0.15, 0.2) is 0 Å². The minimum absolute atomic E-state index is 0. The smallest absolute Gasteiger partial charge is 0.872 e. The summed E-state index contributed by atoms with van der Waals surface area (Å²) in [6.45, 7) is 7.02. The maximum absolute atomic E-state index is 11.5. The standard InChI is InChI=1S/2C12H18N2O.2CNS.2Cu/c2*1-10(13-8-9-14(2)3)11-6-4-5-7-12(11)15;2*2-1-3;;/h2*4-7,15H,8-9H2,1-3H3;;;;/q;;2*-1;2*+2/p-2. The quantitative estimate of drug-likeness (QED) is 0.244. The van der Waals surface area contributed by atoms with Crippen LogP contribution in [0.5, 0.6) is 11.5 Å². The van der Waals surface area contributed by atoms with E-state index in [4.69, 9.17) is 10.8 Å². The Morgan fingerprint density at radius 2 is 0.974 bits per heavy atom. The number of thiocarbonyl (C=S) groups is 2. The van der Waals surface area contributed by atoms with E-state index in [2.05, 4.69) is 44.2 Å². The molecule has 0 saturated carbocycles. The van der Waals surface area contributed by atoms with Gasteiger partial charge in [-0.3, -0.25) is 9.98 Å². The molecule has 2 radical (unpaired) electrons. The van der Waals surface area contributed by atoms with Crippen LogP contribution in [0.25, 0.3) is 10.8 Å². The summed E-state index contributed by atoms with van der Waals surface area (Å²) in [5.74, 6) is 0.0900. The van der Waals surface area contributed by atoms with E-state index in [1.54, 1.807) is 24.3 Å². The fourth-order valence-electron chi connectivity index (χ4n) is 2.54. The van der Waals surface area contributed by atoms with Crippen LogP contribution in [0, 0.1) is 0 Å². The molecule has 8 nitrogen and oxygen atoms in total. The number of likely N-dealkylation sites (N-methyl/N-ethyl adjacent to an activating group) is 2. The second-order valence-corrected chi connectivity index (χ2v) is 8.08. The first-order valence-electron chi connectivity index (χ1n) is 10.9. The van der Waals surface area contributed by atoms with Crippen LogP contribution in [0.3, 0.4) is 0 Å². The minimum atomic E-state index is 0. The number of aliphatic imine (C=N–C) groups is 2. The van der Waals surface area contributed by atoms with Crippen LogP contribution in [-0.4, -0.2) is 85.9 Å². The summed E-state index contributed by atoms with van der Waals surface area (Å²) in [5.41, 5.74) is 3.05. The monoisotopic (exact) mass is 652 g/mol. The van der Waals surface area contributed by atoms with Crippen molar-refractivity contribution in [1.29, 1.82) is 0 Å². The minimum Gasteiger partial charge on any atom is -0.872 e. The molecule has 0 aliphatic heterocycles. The first-order chi connectivity index (χ1) is 17.0. The van der Waals surface area contributed by atoms with Gasteiger partial charge in [-0.15, -0.1) is 0 Å². The molecule has 0 spiro atoms. The average molecular weight is 654 g/mol. The fraction of sp³-hybridized carbons (Fsp3) is 0.385. The summed E-state index contributed by atoms with van der Waals surface area (Å²) >= 11 is 7.40. The van der Waals surface area contributed by atoms with Crippen LogP contribution in [0.2, 0.25) is 0 Å². The molecule has 0 N–H and O–H groups in total. The van der Waals surface area contributed by atoms with Crippen molar-refractivity contribution in [3.63, 3.8) is 0 Å². The van der Waals surface area contributed by atoms with Crippen molar-refractivity contribution in [3.05, 3.63) is 70.5 Å². The number of rotatable bonds is 8. The Morgan fingerprint density at radius 3 is 1.21 bits per heavy atom. The van der Waals surface area contributed by atoms with E-state index in [9.17, 15) is 10.2 Å². The maximum atomic E-state index is 11.5. The molecule has 38 heavy (non-hydrogen) atoms. The van der Waals surface area contributed by atoms with Crippen molar-refractivity contribution < 1.29 is 44.4 Å². The molecular formula is C26H34Cu2N6O2S2. The van der Waals surface area contributed by atoms with Gasteiger partial charge >= 0.3 is 34.1 Å². The Bertz CT molecular complexity index is 941. The van der Waals surface area contributed by atoms with E-state index < -0.39 is 0 Å². The van der Waals surface area contributed by atoms with Gasteiger partial charge < -0.3 is 30.8 Å². The zero-order valence-electron chi connectivity index (χ0n) is 22.4. The molecule has 0 saturated heterocycles. The van der Waals surface area contributed by atoms with Gasteiger partial charge in [0.25, 0.3) is 0 Å². The van der Waals surface area contributed by atoms with Crippen molar-refractivity contribution in [3.8, 4) is 11.5 Å². The van der Waals surface area contributed by atoms with Gasteiger partial charge in [0.05, 0.1) is 13.1 Å². The van der Waals surface area contributed by atoms with Crippen LogP contribution < -0.4 is 10.2 Å². The van der Waals surface area contributed by atoms with E-state index in [-0.39, 0.29) is 45.6 Å². The summed E-state index contributed by atoms with van der Waals surface area (Å²) < 4.78 is 0. The van der Waals surface area contributed by atoms with Crippen molar-refractivity contribution in [2.45, 2.75) is 13.8 Å². The summed E-state index contributed by atoms with van der Waals surface area (Å²) in [6.07, 6.45) is 0. The van der Waals surface area contributed by atoms with Crippen molar-refractivity contribution in [2.75, 3.05) is 54.4 Å². The van der Waals surface area contributed by atoms with Crippen LogP contribution >= 0.6 is 24.4 Å². The molecule has 2 rings (SSSR count). The molecule has 2 aromatic carbocycles. The summed E-state index contributed by atoms with van der Waals surface area (Å²) in [6, 6.07) is 14.0. The predicted molar refractivity (Wildman–Crippen MR) is 155 cm³/mol. The third-order valence-corrected chi connectivity index (χ3v) is 4.35. The molecule has 214 valence electrons. The molecular weight excluding hydrogens is 620 g/mol. The fourth-order valence-corrected chi connectivity index (χ4v) is 2.54. The van der Waals surface area contributed by atoms with E-state index in [0.29, 0.717) is 11.1 Å². The molecule has 0 amide bonds. The van der Waals surface area contributed by atoms with E-state index in [1.807, 2.05) is 66.3 Å². The van der Waals surface area contributed by atoms with Gasteiger partial charge in [-0.05, 0) is 53.2 Å². The summed E-state index contributed by atoms with van der Waals surface area (Å²) in [7, 11) is 8.03. The van der Waals surface area contributed by atoms with Crippen LogP contribution in [0.15, 0.2) is 58.5 Å². The first kappa shape index (κ1) is 43.0. The summed E-state index contributed by atoms with van der Waals surface area (Å²) in [4.78, 5) is 12.9. The zero-order chi connectivity index (χ0) is 27.9. The van der Waals surface area contributed by atoms with Crippen molar-refractivity contribution in [2.24, 2.45) is 9.98 Å². The third kappa shape index (κ3) is 23.1.